The molecule has 1 aromatic carbocycles. The largest absolute Gasteiger partial charge is 0.433 e. The first kappa shape index (κ1) is 19.3. The molecule has 29 heavy (non-hydrogen) atoms. The fraction of sp³-hybridized carbons (Fsp3) is 0.294. The molecule has 0 atom stereocenters. The number of pyridine rings is 1. The average Bonchev–Trinajstić information content (AvgIpc) is 3.20. The lowest BCUT2D eigenvalue weighted by molar-refractivity contribution is -0.141. The Morgan fingerprint density at radius 3 is 2.45 bits per heavy atom. The highest BCUT2D eigenvalue weighted by Crippen LogP contribution is 2.34. The van der Waals surface area contributed by atoms with Crippen LogP contribution in [-0.2, 0) is 30.1 Å². The number of rotatable bonds is 3. The van der Waals surface area contributed by atoms with Gasteiger partial charge >= 0.3 is 6.18 Å². The molecule has 4 rings (SSSR count). The van der Waals surface area contributed by atoms with Crippen molar-refractivity contribution in [3.05, 3.63) is 30.1 Å². The minimum absolute atomic E-state index is 0.00425. The van der Waals surface area contributed by atoms with Crippen molar-refractivity contribution in [3.63, 3.8) is 0 Å². The minimum Gasteiger partial charge on any atom is -0.326 e. The summed E-state index contributed by atoms with van der Waals surface area (Å²) < 4.78 is 67.4. The van der Waals surface area contributed by atoms with E-state index in [1.807, 2.05) is 0 Å². The van der Waals surface area contributed by atoms with E-state index >= 15 is 0 Å². The van der Waals surface area contributed by atoms with Crippen LogP contribution in [0.4, 0.5) is 13.2 Å². The third kappa shape index (κ3) is 3.03. The van der Waals surface area contributed by atoms with Crippen molar-refractivity contribution in [1.82, 2.24) is 29.5 Å². The Morgan fingerprint density at radius 1 is 1.07 bits per heavy atom. The number of aryl methyl sites for hydroxylation is 2. The van der Waals surface area contributed by atoms with Gasteiger partial charge in [-0.15, -0.1) is 5.10 Å². The Kier molecular flexibility index (Phi) is 4.15. The molecule has 0 N–H and O–H groups in total. The monoisotopic (exact) mass is 424 g/mol. The normalized spacial score (nSPS) is 12.9. The molecule has 0 bridgehead atoms. The Bertz CT molecular complexity index is 1370. The van der Waals surface area contributed by atoms with Crippen LogP contribution in [0.25, 0.3) is 33.5 Å². The molecule has 3 heterocycles. The second-order valence-corrected chi connectivity index (χ2v) is 8.75. The van der Waals surface area contributed by atoms with E-state index in [0.29, 0.717) is 16.6 Å². The first-order valence-corrected chi connectivity index (χ1v) is 10.1. The second kappa shape index (κ2) is 6.24. The summed E-state index contributed by atoms with van der Waals surface area (Å²) in [6.07, 6.45) is -3.53. The lowest BCUT2D eigenvalue weighted by Gasteiger charge is -2.10. The molecule has 0 fully saturated rings. The Labute approximate surface area is 162 Å². The van der Waals surface area contributed by atoms with Crippen LogP contribution in [0.15, 0.2) is 29.3 Å². The first-order valence-electron chi connectivity index (χ1n) is 8.49. The summed E-state index contributed by atoms with van der Waals surface area (Å²) in [6.45, 7) is 1.51. The van der Waals surface area contributed by atoms with Gasteiger partial charge in [-0.05, 0) is 18.2 Å². The zero-order chi connectivity index (χ0) is 21.1. The summed E-state index contributed by atoms with van der Waals surface area (Å²) in [4.78, 5) is 7.75. The number of nitrogens with zero attached hydrogens (tertiary/aromatic N) is 6. The average molecular weight is 424 g/mol. The topological polar surface area (TPSA) is 95.6 Å². The third-order valence-corrected chi connectivity index (χ3v) is 6.49. The molecule has 0 aliphatic heterocycles. The number of hydrogen-bond acceptors (Lipinski definition) is 6. The van der Waals surface area contributed by atoms with Crippen LogP contribution >= 0.6 is 0 Å². The number of halogens is 3. The van der Waals surface area contributed by atoms with Crippen molar-refractivity contribution in [1.29, 1.82) is 0 Å². The molecule has 12 heteroatoms. The summed E-state index contributed by atoms with van der Waals surface area (Å²) >= 11 is 0. The number of imidazole rings is 1. The van der Waals surface area contributed by atoms with Crippen LogP contribution < -0.4 is 0 Å². The maximum Gasteiger partial charge on any atom is 0.433 e. The zero-order valence-corrected chi connectivity index (χ0v) is 16.4. The van der Waals surface area contributed by atoms with Crippen molar-refractivity contribution >= 4 is 31.9 Å². The molecule has 0 spiro atoms. The van der Waals surface area contributed by atoms with Gasteiger partial charge < -0.3 is 4.57 Å². The van der Waals surface area contributed by atoms with E-state index in [2.05, 4.69) is 20.3 Å². The van der Waals surface area contributed by atoms with Crippen molar-refractivity contribution in [2.45, 2.75) is 18.0 Å². The lowest BCUT2D eigenvalue weighted by Crippen LogP contribution is -2.08. The number of fused-ring (bicyclic) bond motifs is 2. The van der Waals surface area contributed by atoms with Gasteiger partial charge in [0.1, 0.15) is 17.0 Å². The second-order valence-electron chi connectivity index (χ2n) is 6.50. The zero-order valence-electron chi connectivity index (χ0n) is 15.6. The van der Waals surface area contributed by atoms with Gasteiger partial charge in [0.15, 0.2) is 9.84 Å². The summed E-state index contributed by atoms with van der Waals surface area (Å²) in [5, 5.41) is 7.84. The smallest absolute Gasteiger partial charge is 0.326 e. The summed E-state index contributed by atoms with van der Waals surface area (Å²) in [7, 11) is -0.426. The van der Waals surface area contributed by atoms with Gasteiger partial charge in [-0.2, -0.15) is 13.2 Å². The molecule has 0 aliphatic carbocycles. The first-order chi connectivity index (χ1) is 13.5. The van der Waals surface area contributed by atoms with E-state index in [0.717, 1.165) is 12.3 Å². The fourth-order valence-corrected chi connectivity index (χ4v) is 4.22. The maximum absolute atomic E-state index is 13.0. The molecule has 0 radical (unpaired) electrons. The molecule has 152 valence electrons. The van der Waals surface area contributed by atoms with Gasteiger partial charge in [0.05, 0.1) is 33.4 Å². The highest BCUT2D eigenvalue weighted by molar-refractivity contribution is 7.91. The number of alkyl halides is 3. The summed E-state index contributed by atoms with van der Waals surface area (Å²) in [5.41, 5.74) is 0.558. The molecule has 0 saturated carbocycles. The molecule has 3 aromatic heterocycles. The van der Waals surface area contributed by atoms with E-state index < -0.39 is 21.7 Å². The lowest BCUT2D eigenvalue weighted by atomic mass is 10.2. The number of aromatic nitrogens is 6. The van der Waals surface area contributed by atoms with Gasteiger partial charge in [0.2, 0.25) is 0 Å². The molecular formula is C17H15F3N6O2S. The van der Waals surface area contributed by atoms with Crippen LogP contribution in [-0.4, -0.2) is 43.7 Å². The highest BCUT2D eigenvalue weighted by Gasteiger charge is 2.33. The van der Waals surface area contributed by atoms with E-state index in [9.17, 15) is 21.6 Å². The number of sulfone groups is 1. The summed E-state index contributed by atoms with van der Waals surface area (Å²) in [6, 6.07) is 3.84. The van der Waals surface area contributed by atoms with Gasteiger partial charge in [-0.3, -0.25) is 0 Å². The molecule has 0 amide bonds. The van der Waals surface area contributed by atoms with Crippen LogP contribution in [0.3, 0.4) is 0 Å². The number of hydrogen-bond donors (Lipinski definition) is 0. The molecule has 0 saturated heterocycles. The maximum atomic E-state index is 13.0. The molecule has 4 aromatic rings. The highest BCUT2D eigenvalue weighted by atomic mass is 32.2. The Balaban J connectivity index is 2.05. The fourth-order valence-electron chi connectivity index (χ4n) is 3.13. The SMILES string of the molecule is CCS(=O)(=O)c1cc2nnn(C)c2cc1-c1nc2cc(C(F)(F)F)ncc2n1C. The van der Waals surface area contributed by atoms with Gasteiger partial charge in [-0.25, -0.2) is 23.1 Å². The van der Waals surface area contributed by atoms with Crippen LogP contribution in [0, 0.1) is 0 Å². The summed E-state index contributed by atoms with van der Waals surface area (Å²) in [5.74, 6) is 0.0476. The van der Waals surface area contributed by atoms with Crippen molar-refractivity contribution in [3.8, 4) is 11.4 Å². The van der Waals surface area contributed by atoms with Crippen molar-refractivity contribution in [2.24, 2.45) is 14.1 Å². The van der Waals surface area contributed by atoms with E-state index in [1.165, 1.54) is 22.2 Å². The quantitative estimate of drug-likeness (QED) is 0.502. The van der Waals surface area contributed by atoms with Gasteiger partial charge in [-0.1, -0.05) is 12.1 Å². The van der Waals surface area contributed by atoms with Crippen LogP contribution in [0.2, 0.25) is 0 Å². The van der Waals surface area contributed by atoms with E-state index in [4.69, 9.17) is 0 Å². The predicted octanol–water partition coefficient (Wildman–Crippen LogP) is 2.73. The molecular weight excluding hydrogens is 409 g/mol. The predicted molar refractivity (Wildman–Crippen MR) is 98.7 cm³/mol. The van der Waals surface area contributed by atoms with E-state index in [1.54, 1.807) is 20.2 Å². The van der Waals surface area contributed by atoms with Crippen molar-refractivity contribution in [2.75, 3.05) is 5.75 Å². The minimum atomic E-state index is -4.61. The van der Waals surface area contributed by atoms with Crippen LogP contribution in [0.5, 0.6) is 0 Å². The Hall–Kier alpha value is -3.02. The van der Waals surface area contributed by atoms with Gasteiger partial charge in [0.25, 0.3) is 0 Å². The molecule has 8 nitrogen and oxygen atoms in total. The molecule has 0 unspecified atom stereocenters. The third-order valence-electron chi connectivity index (χ3n) is 4.73. The van der Waals surface area contributed by atoms with Crippen molar-refractivity contribution < 1.29 is 21.6 Å². The standard InChI is InChI=1S/C17H15F3N6O2S/c1-4-29(27,28)14-6-11-12(26(3)24-23-11)5-9(14)16-22-10-7-15(17(18,19)20)21-8-13(10)25(16)2/h5-8H,4H2,1-3H3. The number of benzene rings is 1. The molecule has 0 aliphatic rings. The van der Waals surface area contributed by atoms with Gasteiger partial charge in [0, 0.05) is 19.7 Å². The van der Waals surface area contributed by atoms with Crippen LogP contribution in [0.1, 0.15) is 12.6 Å². The Morgan fingerprint density at radius 2 is 1.79 bits per heavy atom. The van der Waals surface area contributed by atoms with E-state index in [-0.39, 0.29) is 27.6 Å².